The van der Waals surface area contributed by atoms with Crippen molar-refractivity contribution in [2.75, 3.05) is 49.6 Å². The predicted octanol–water partition coefficient (Wildman–Crippen LogP) is 4.35. The Morgan fingerprint density at radius 1 is 1.14 bits per heavy atom. The number of halogens is 1. The Kier molecular flexibility index (Phi) is 8.36. The number of hydrogen-bond donors (Lipinski definition) is 0. The maximum Gasteiger partial charge on any atom is 0.333 e. The van der Waals surface area contributed by atoms with Gasteiger partial charge in [0, 0.05) is 42.8 Å². The molecule has 1 aromatic heterocycles. The Morgan fingerprint density at radius 2 is 1.95 bits per heavy atom. The maximum absolute atomic E-state index is 13.8. The minimum atomic E-state index is -1.02. The average Bonchev–Trinajstić information content (AvgIpc) is 3.44. The Labute approximate surface area is 257 Å². The van der Waals surface area contributed by atoms with Gasteiger partial charge in [-0.15, -0.1) is 0 Å². The molecule has 3 aromatic rings. The minimum absolute atomic E-state index is 0.0702. The van der Waals surface area contributed by atoms with Crippen LogP contribution < -0.4 is 14.5 Å². The summed E-state index contributed by atoms with van der Waals surface area (Å²) in [5.41, 5.74) is 4.24. The molecule has 0 N–H and O–H groups in total. The first kappa shape index (κ1) is 29.4. The highest BCUT2D eigenvalue weighted by atomic mass is 19.1. The number of nitriles is 1. The second-order valence-corrected chi connectivity index (χ2v) is 11.7. The van der Waals surface area contributed by atoms with E-state index in [1.807, 2.05) is 0 Å². The van der Waals surface area contributed by atoms with E-state index in [-0.39, 0.29) is 25.0 Å². The van der Waals surface area contributed by atoms with Crippen molar-refractivity contribution in [3.63, 3.8) is 0 Å². The molecule has 226 valence electrons. The number of ether oxygens (including phenoxy) is 1. The standard InChI is InChI=1S/C34H36FN7O2/c1-23-7-4-8-25-9-5-11-30(31(23)25)40-17-13-28-29(22-40)37-34(44-20-14-26-10-6-16-39(26)3)38-32(28)41-18-19-42(33(43)24(2)35)27(21-41)12-15-36/h4-5,7-9,11,26-27H,2,6,10,12-13,16-19,21-22H2,1,3H3/t26-,27-/m0/s1. The Hall–Kier alpha value is -4.67. The van der Waals surface area contributed by atoms with Gasteiger partial charge in [0.2, 0.25) is 0 Å². The van der Waals surface area contributed by atoms with Gasteiger partial charge >= 0.3 is 6.01 Å². The number of fused-ring (bicyclic) bond motifs is 2. The molecule has 0 spiro atoms. The number of likely N-dealkylation sites (tertiary alicyclic amines) is 1. The van der Waals surface area contributed by atoms with E-state index in [2.05, 4.69) is 89.7 Å². The SMILES string of the molecule is C=C(F)C(=O)N1CCN(c2nc(OC#C[C@@H]3CCCN3C)nc3c2CCN(c2cccc4cccc(C)c24)C3)C[C@@H]1CC#N. The van der Waals surface area contributed by atoms with Crippen LogP contribution in [0.4, 0.5) is 15.9 Å². The van der Waals surface area contributed by atoms with Gasteiger partial charge in [0.05, 0.1) is 36.8 Å². The molecular weight excluding hydrogens is 557 g/mol. The highest BCUT2D eigenvalue weighted by Gasteiger charge is 2.35. The molecular formula is C34H36FN7O2. The van der Waals surface area contributed by atoms with Crippen molar-refractivity contribution in [1.82, 2.24) is 19.8 Å². The van der Waals surface area contributed by atoms with Gasteiger partial charge < -0.3 is 19.4 Å². The van der Waals surface area contributed by atoms with Crippen molar-refractivity contribution >= 4 is 28.2 Å². The zero-order valence-corrected chi connectivity index (χ0v) is 25.2. The molecule has 0 radical (unpaired) electrons. The fraction of sp³-hybridized carbons (Fsp3) is 0.412. The number of nitrogens with zero attached hydrogens (tertiary/aromatic N) is 7. The number of aryl methyl sites for hydroxylation is 1. The number of carbonyl (C=O) groups excluding carboxylic acids is 1. The summed E-state index contributed by atoms with van der Waals surface area (Å²) in [6, 6.07) is 14.7. The lowest BCUT2D eigenvalue weighted by molar-refractivity contribution is -0.131. The zero-order chi connectivity index (χ0) is 30.8. The summed E-state index contributed by atoms with van der Waals surface area (Å²) in [6.45, 7) is 8.67. The van der Waals surface area contributed by atoms with Crippen molar-refractivity contribution in [3.05, 3.63) is 65.6 Å². The van der Waals surface area contributed by atoms with E-state index in [1.54, 1.807) is 0 Å². The highest BCUT2D eigenvalue weighted by molar-refractivity contribution is 5.97. The molecule has 1 amide bonds. The number of carbonyl (C=O) groups is 1. The summed E-state index contributed by atoms with van der Waals surface area (Å²) in [5, 5.41) is 11.9. The summed E-state index contributed by atoms with van der Waals surface area (Å²) in [5.74, 6) is 2.12. The van der Waals surface area contributed by atoms with Gasteiger partial charge in [0.25, 0.3) is 5.91 Å². The number of amides is 1. The van der Waals surface area contributed by atoms with Crippen LogP contribution in [0, 0.1) is 30.3 Å². The minimum Gasteiger partial charge on any atom is -0.370 e. The van der Waals surface area contributed by atoms with Gasteiger partial charge in [-0.3, -0.25) is 9.69 Å². The highest BCUT2D eigenvalue weighted by Crippen LogP contribution is 2.36. The fourth-order valence-corrected chi connectivity index (χ4v) is 6.66. The number of anilines is 2. The molecule has 9 nitrogen and oxygen atoms in total. The van der Waals surface area contributed by atoms with Gasteiger partial charge in [-0.05, 0) is 62.7 Å². The molecule has 2 fully saturated rings. The lowest BCUT2D eigenvalue weighted by atomic mass is 9.99. The Morgan fingerprint density at radius 3 is 2.70 bits per heavy atom. The Balaban J connectivity index is 1.35. The summed E-state index contributed by atoms with van der Waals surface area (Å²) >= 11 is 0. The van der Waals surface area contributed by atoms with E-state index in [4.69, 9.17) is 14.7 Å². The van der Waals surface area contributed by atoms with E-state index in [9.17, 15) is 14.4 Å². The average molecular weight is 594 g/mol. The lowest BCUT2D eigenvalue weighted by Crippen LogP contribution is -2.55. The van der Waals surface area contributed by atoms with Crippen LogP contribution in [-0.4, -0.2) is 77.5 Å². The van der Waals surface area contributed by atoms with Crippen LogP contribution in [0.25, 0.3) is 10.8 Å². The number of aromatic nitrogens is 2. The molecule has 44 heavy (non-hydrogen) atoms. The lowest BCUT2D eigenvalue weighted by Gasteiger charge is -2.42. The van der Waals surface area contributed by atoms with Crippen LogP contribution in [-0.2, 0) is 17.8 Å². The smallest absolute Gasteiger partial charge is 0.333 e. The van der Waals surface area contributed by atoms with Gasteiger partial charge in [-0.2, -0.15) is 15.2 Å². The normalized spacial score (nSPS) is 20.1. The van der Waals surface area contributed by atoms with Crippen LogP contribution in [0.1, 0.15) is 36.1 Å². The third-order valence-corrected chi connectivity index (χ3v) is 8.94. The van der Waals surface area contributed by atoms with E-state index in [0.717, 1.165) is 42.9 Å². The topological polar surface area (TPSA) is 88.8 Å². The van der Waals surface area contributed by atoms with E-state index in [1.165, 1.54) is 21.2 Å². The largest absolute Gasteiger partial charge is 0.370 e. The zero-order valence-electron chi connectivity index (χ0n) is 25.2. The fourth-order valence-electron chi connectivity index (χ4n) is 6.66. The first-order valence-electron chi connectivity index (χ1n) is 15.1. The number of benzene rings is 2. The van der Waals surface area contributed by atoms with Gasteiger partial charge in [-0.25, -0.2) is 4.39 Å². The van der Waals surface area contributed by atoms with Gasteiger partial charge in [-0.1, -0.05) is 36.9 Å². The van der Waals surface area contributed by atoms with Crippen LogP contribution in [0.15, 0.2) is 48.8 Å². The van der Waals surface area contributed by atoms with Crippen molar-refractivity contribution < 1.29 is 13.9 Å². The van der Waals surface area contributed by atoms with E-state index in [0.29, 0.717) is 31.9 Å². The molecule has 3 aliphatic rings. The first-order chi connectivity index (χ1) is 21.3. The second kappa shape index (κ2) is 12.5. The summed E-state index contributed by atoms with van der Waals surface area (Å²) in [7, 11) is 2.06. The Bertz CT molecular complexity index is 1700. The molecule has 2 saturated heterocycles. The molecule has 4 heterocycles. The van der Waals surface area contributed by atoms with Crippen molar-refractivity contribution in [3.8, 4) is 24.1 Å². The van der Waals surface area contributed by atoms with E-state index >= 15 is 0 Å². The third kappa shape index (κ3) is 5.78. The molecule has 0 aliphatic carbocycles. The van der Waals surface area contributed by atoms with Gasteiger partial charge in [0.15, 0.2) is 5.83 Å². The molecule has 2 atom stereocenters. The summed E-state index contributed by atoms with van der Waals surface area (Å²) in [4.78, 5) is 30.2. The number of rotatable bonds is 5. The van der Waals surface area contributed by atoms with Crippen LogP contribution in [0.3, 0.4) is 0 Å². The summed E-state index contributed by atoms with van der Waals surface area (Å²) < 4.78 is 19.7. The molecule has 0 saturated carbocycles. The third-order valence-electron chi connectivity index (χ3n) is 8.94. The number of hydrogen-bond acceptors (Lipinski definition) is 8. The molecule has 10 heteroatoms. The second-order valence-electron chi connectivity index (χ2n) is 11.7. The van der Waals surface area contributed by atoms with Crippen molar-refractivity contribution in [2.45, 2.75) is 51.2 Å². The van der Waals surface area contributed by atoms with Gasteiger partial charge in [0.1, 0.15) is 11.9 Å². The summed E-state index contributed by atoms with van der Waals surface area (Å²) in [6.07, 6.45) is 5.73. The van der Waals surface area contributed by atoms with Crippen molar-refractivity contribution in [1.29, 1.82) is 5.26 Å². The molecule has 2 aromatic carbocycles. The maximum atomic E-state index is 13.8. The molecule has 0 unspecified atom stereocenters. The van der Waals surface area contributed by atoms with Crippen LogP contribution in [0.5, 0.6) is 6.01 Å². The van der Waals surface area contributed by atoms with Crippen LogP contribution >= 0.6 is 0 Å². The molecule has 0 bridgehead atoms. The van der Waals surface area contributed by atoms with Crippen LogP contribution in [0.2, 0.25) is 0 Å². The molecule has 6 rings (SSSR count). The number of piperazine rings is 1. The molecule has 3 aliphatic heterocycles. The first-order valence-corrected chi connectivity index (χ1v) is 15.1. The van der Waals surface area contributed by atoms with E-state index < -0.39 is 17.8 Å². The van der Waals surface area contributed by atoms with Crippen molar-refractivity contribution in [2.24, 2.45) is 0 Å². The quantitative estimate of drug-likeness (QED) is 0.319. The predicted molar refractivity (Wildman–Crippen MR) is 168 cm³/mol. The monoisotopic (exact) mass is 593 g/mol.